The van der Waals surface area contributed by atoms with Crippen molar-refractivity contribution < 1.29 is 19.2 Å². The van der Waals surface area contributed by atoms with E-state index >= 15 is 0 Å². The summed E-state index contributed by atoms with van der Waals surface area (Å²) in [6, 6.07) is 22.0. The van der Waals surface area contributed by atoms with Crippen molar-refractivity contribution in [3.8, 4) is 0 Å². The number of fused-ring (bicyclic) bond motifs is 2. The van der Waals surface area contributed by atoms with Crippen molar-refractivity contribution in [2.45, 2.75) is 32.7 Å². The van der Waals surface area contributed by atoms with Gasteiger partial charge in [0.2, 0.25) is 5.91 Å². The first-order valence-electron chi connectivity index (χ1n) is 12.6. The van der Waals surface area contributed by atoms with Crippen molar-refractivity contribution in [2.75, 3.05) is 5.32 Å². The van der Waals surface area contributed by atoms with E-state index in [1.165, 1.54) is 6.92 Å². The molecule has 0 saturated carbocycles. The second-order valence-electron chi connectivity index (χ2n) is 9.47. The molecule has 0 unspecified atom stereocenters. The van der Waals surface area contributed by atoms with Crippen molar-refractivity contribution in [1.29, 1.82) is 0 Å². The molecule has 3 aromatic carbocycles. The summed E-state index contributed by atoms with van der Waals surface area (Å²) in [6.45, 7) is 3.43. The van der Waals surface area contributed by atoms with Gasteiger partial charge in [-0.15, -0.1) is 0 Å². The Kier molecular flexibility index (Phi) is 6.83. The molecule has 0 radical (unpaired) electrons. The van der Waals surface area contributed by atoms with Gasteiger partial charge >= 0.3 is 0 Å². The maximum atomic E-state index is 14.0. The Balaban J connectivity index is 1.55. The molecule has 38 heavy (non-hydrogen) atoms. The van der Waals surface area contributed by atoms with Crippen LogP contribution in [0.25, 0.3) is 10.9 Å². The standard InChI is InChI=1S/C31H27N3O4/c1-3-21(17-20-9-6-11-23(18-20)19(2)35)28(34-30(37)24-13-4-5-14-25(24)31(34)38)29(36)33-26-15-7-10-22-12-8-16-32-27(22)26/h4-16,18,21,28H,3,17H2,1-2H3,(H,33,36)/t21-,28+/m1/s1. The third-order valence-electron chi connectivity index (χ3n) is 7.07. The Bertz CT molecular complexity index is 1540. The molecule has 3 amide bonds. The number of Topliss-reactive ketones (excluding diaryl/α,β-unsaturated/α-hetero) is 1. The number of ketones is 1. The van der Waals surface area contributed by atoms with Gasteiger partial charge < -0.3 is 5.32 Å². The van der Waals surface area contributed by atoms with Gasteiger partial charge in [-0.2, -0.15) is 0 Å². The van der Waals surface area contributed by atoms with Crippen LogP contribution in [0.5, 0.6) is 0 Å². The second kappa shape index (κ2) is 10.4. The van der Waals surface area contributed by atoms with E-state index in [0.717, 1.165) is 15.8 Å². The van der Waals surface area contributed by atoms with E-state index < -0.39 is 29.7 Å². The van der Waals surface area contributed by atoms with E-state index in [1.54, 1.807) is 54.7 Å². The first kappa shape index (κ1) is 25.0. The summed E-state index contributed by atoms with van der Waals surface area (Å²) in [5.74, 6) is -1.90. The van der Waals surface area contributed by atoms with Gasteiger partial charge in [-0.1, -0.05) is 61.9 Å². The summed E-state index contributed by atoms with van der Waals surface area (Å²) in [5.41, 5.74) is 3.12. The van der Waals surface area contributed by atoms with E-state index in [0.29, 0.717) is 29.6 Å². The Morgan fingerprint density at radius 2 is 1.58 bits per heavy atom. The predicted molar refractivity (Wildman–Crippen MR) is 145 cm³/mol. The lowest BCUT2D eigenvalue weighted by Gasteiger charge is -2.32. The molecule has 0 spiro atoms. The zero-order chi connectivity index (χ0) is 26.8. The minimum atomic E-state index is -1.08. The number of benzene rings is 3. The number of carbonyl (C=O) groups is 4. The lowest BCUT2D eigenvalue weighted by molar-refractivity contribution is -0.121. The molecule has 0 bridgehead atoms. The number of aromatic nitrogens is 1. The number of pyridine rings is 1. The van der Waals surface area contributed by atoms with Crippen molar-refractivity contribution in [3.63, 3.8) is 0 Å². The van der Waals surface area contributed by atoms with Crippen molar-refractivity contribution in [2.24, 2.45) is 5.92 Å². The average molecular weight is 506 g/mol. The number of hydrogen-bond donors (Lipinski definition) is 1. The van der Waals surface area contributed by atoms with Crippen LogP contribution < -0.4 is 5.32 Å². The van der Waals surface area contributed by atoms with E-state index in [-0.39, 0.29) is 16.9 Å². The molecule has 190 valence electrons. The van der Waals surface area contributed by atoms with Crippen molar-refractivity contribution in [3.05, 3.63) is 107 Å². The number of para-hydroxylation sites is 1. The van der Waals surface area contributed by atoms with Crippen LogP contribution in [0.15, 0.2) is 85.1 Å². The fraction of sp³-hybridized carbons (Fsp3) is 0.194. The maximum Gasteiger partial charge on any atom is 0.262 e. The van der Waals surface area contributed by atoms with E-state index in [1.807, 2.05) is 37.3 Å². The van der Waals surface area contributed by atoms with Gasteiger partial charge in [-0.25, -0.2) is 0 Å². The number of anilines is 1. The number of imide groups is 1. The van der Waals surface area contributed by atoms with E-state index in [2.05, 4.69) is 10.3 Å². The number of rotatable bonds is 8. The molecule has 5 rings (SSSR count). The molecule has 1 aromatic heterocycles. The van der Waals surface area contributed by atoms with Crippen molar-refractivity contribution in [1.82, 2.24) is 9.88 Å². The number of nitrogens with zero attached hydrogens (tertiary/aromatic N) is 2. The Morgan fingerprint density at radius 1 is 0.895 bits per heavy atom. The fourth-order valence-corrected chi connectivity index (χ4v) is 5.11. The highest BCUT2D eigenvalue weighted by atomic mass is 16.2. The molecule has 7 heteroatoms. The highest BCUT2D eigenvalue weighted by molar-refractivity contribution is 6.23. The van der Waals surface area contributed by atoms with Gasteiger partial charge in [0.1, 0.15) is 6.04 Å². The Hall–Kier alpha value is -4.65. The van der Waals surface area contributed by atoms with Crippen LogP contribution >= 0.6 is 0 Å². The van der Waals surface area contributed by atoms with Crippen LogP contribution in [-0.2, 0) is 11.2 Å². The van der Waals surface area contributed by atoms with Gasteiger partial charge in [-0.05, 0) is 55.2 Å². The monoisotopic (exact) mass is 505 g/mol. The molecule has 0 saturated heterocycles. The third-order valence-corrected chi connectivity index (χ3v) is 7.07. The quantitative estimate of drug-likeness (QED) is 0.259. The molecule has 0 aliphatic carbocycles. The summed E-state index contributed by atoms with van der Waals surface area (Å²) in [5, 5.41) is 3.82. The predicted octanol–water partition coefficient (Wildman–Crippen LogP) is 5.31. The first-order chi connectivity index (χ1) is 18.4. The number of nitrogens with one attached hydrogen (secondary N) is 1. The third kappa shape index (κ3) is 4.59. The summed E-state index contributed by atoms with van der Waals surface area (Å²) in [6.07, 6.45) is 2.57. The molecule has 1 aliphatic heterocycles. The van der Waals surface area contributed by atoms with Gasteiger partial charge in [0.25, 0.3) is 11.8 Å². The molecule has 1 aliphatic rings. The van der Waals surface area contributed by atoms with Crippen LogP contribution in [0.4, 0.5) is 5.69 Å². The smallest absolute Gasteiger partial charge is 0.262 e. The first-order valence-corrected chi connectivity index (χ1v) is 12.6. The maximum absolute atomic E-state index is 14.0. The largest absolute Gasteiger partial charge is 0.322 e. The SMILES string of the molecule is CC[C@H](Cc1cccc(C(C)=O)c1)[C@@H](C(=O)Nc1cccc2cccnc12)N1C(=O)c2ccccc2C1=O. The molecule has 4 aromatic rings. The normalized spacial score (nSPS) is 14.3. The Labute approximate surface area is 220 Å². The highest BCUT2D eigenvalue weighted by Gasteiger charge is 2.45. The minimum Gasteiger partial charge on any atom is -0.322 e. The minimum absolute atomic E-state index is 0.0574. The van der Waals surface area contributed by atoms with Crippen LogP contribution in [-0.4, -0.2) is 39.4 Å². The lowest BCUT2D eigenvalue weighted by atomic mass is 9.87. The molecular formula is C31H27N3O4. The summed E-state index contributed by atoms with van der Waals surface area (Å²) in [7, 11) is 0. The molecule has 2 heterocycles. The average Bonchev–Trinajstić information content (AvgIpc) is 3.18. The van der Waals surface area contributed by atoms with E-state index in [9.17, 15) is 19.2 Å². The summed E-state index contributed by atoms with van der Waals surface area (Å²) < 4.78 is 0. The molecule has 7 nitrogen and oxygen atoms in total. The van der Waals surface area contributed by atoms with Gasteiger partial charge in [-0.3, -0.25) is 29.1 Å². The highest BCUT2D eigenvalue weighted by Crippen LogP contribution is 2.31. The summed E-state index contributed by atoms with van der Waals surface area (Å²) >= 11 is 0. The number of amides is 3. The molecule has 1 N–H and O–H groups in total. The Morgan fingerprint density at radius 3 is 2.26 bits per heavy atom. The van der Waals surface area contributed by atoms with Crippen molar-refractivity contribution >= 4 is 40.1 Å². The van der Waals surface area contributed by atoms with E-state index in [4.69, 9.17) is 0 Å². The zero-order valence-electron chi connectivity index (χ0n) is 21.2. The number of hydrogen-bond acceptors (Lipinski definition) is 5. The van der Waals surface area contributed by atoms with Crippen LogP contribution in [0.3, 0.4) is 0 Å². The van der Waals surface area contributed by atoms with Gasteiger partial charge in [0.15, 0.2) is 5.78 Å². The van der Waals surface area contributed by atoms with Gasteiger partial charge in [0, 0.05) is 17.1 Å². The topological polar surface area (TPSA) is 96.4 Å². The summed E-state index contributed by atoms with van der Waals surface area (Å²) in [4.78, 5) is 58.5. The van der Waals surface area contributed by atoms with Gasteiger partial charge in [0.05, 0.1) is 22.3 Å². The molecular weight excluding hydrogens is 478 g/mol. The van der Waals surface area contributed by atoms with Crippen LogP contribution in [0.1, 0.15) is 56.9 Å². The number of carbonyl (C=O) groups excluding carboxylic acids is 4. The zero-order valence-corrected chi connectivity index (χ0v) is 21.2. The fourth-order valence-electron chi connectivity index (χ4n) is 5.11. The molecule has 2 atom stereocenters. The van der Waals surface area contributed by atoms with Crippen LogP contribution in [0.2, 0.25) is 0 Å². The van der Waals surface area contributed by atoms with Crippen LogP contribution in [0, 0.1) is 5.92 Å². The molecule has 0 fully saturated rings. The second-order valence-corrected chi connectivity index (χ2v) is 9.47. The lowest BCUT2D eigenvalue weighted by Crippen LogP contribution is -2.51.